The Morgan fingerprint density at radius 1 is 0.768 bits per heavy atom. The number of aliphatic hydroxyl groups is 6. The number of unbranched alkanes of at least 4 members (excludes halogenated alkanes) is 1. The third kappa shape index (κ3) is 17.7. The van der Waals surface area contributed by atoms with E-state index in [2.05, 4.69) is 5.32 Å². The Morgan fingerprint density at radius 2 is 1.34 bits per heavy atom. The van der Waals surface area contributed by atoms with Crippen LogP contribution in [0.3, 0.4) is 0 Å². The fourth-order valence-corrected chi connectivity index (χ4v) is 5.63. The number of carbonyl (C=O) groups excluding carboxylic acids is 2. The summed E-state index contributed by atoms with van der Waals surface area (Å²) in [4.78, 5) is 23.4. The van der Waals surface area contributed by atoms with Crippen LogP contribution in [0.4, 0.5) is 0 Å². The average Bonchev–Trinajstić information content (AvgIpc) is 3.48. The summed E-state index contributed by atoms with van der Waals surface area (Å²) in [6.45, 7) is 9.37. The van der Waals surface area contributed by atoms with Crippen molar-refractivity contribution in [2.24, 2.45) is 17.8 Å². The fourth-order valence-electron chi connectivity index (χ4n) is 5.63. The number of hydrogen-bond acceptors (Lipinski definition) is 10. The smallest absolute Gasteiger partial charge is 0.248 e. The van der Waals surface area contributed by atoms with E-state index >= 15 is 0 Å². The molecule has 1 saturated heterocycles. The highest BCUT2D eigenvalue weighted by Crippen LogP contribution is 2.25. The zero-order valence-electron chi connectivity index (χ0n) is 33.2. The van der Waals surface area contributed by atoms with E-state index in [1.807, 2.05) is 107 Å². The summed E-state index contributed by atoms with van der Waals surface area (Å²) in [6.07, 6.45) is 31.7. The first kappa shape index (κ1) is 48.0. The molecule has 0 bridgehead atoms. The number of hydrogen-bond donors (Lipinski definition) is 7. The lowest BCUT2D eigenvalue weighted by atomic mass is 9.88. The number of amides is 1. The summed E-state index contributed by atoms with van der Waals surface area (Å²) in [6, 6.07) is 0. The topological polar surface area (TPSA) is 186 Å². The molecule has 0 radical (unpaired) electrons. The normalized spacial score (nSPS) is 25.8. The Kier molecular flexibility index (Phi) is 22.8. The molecular formula is C45H63NO10. The van der Waals surface area contributed by atoms with Gasteiger partial charge in [-0.25, -0.2) is 0 Å². The molecule has 11 heteroatoms. The van der Waals surface area contributed by atoms with E-state index in [9.17, 15) is 40.2 Å². The van der Waals surface area contributed by atoms with Gasteiger partial charge in [0.1, 0.15) is 29.8 Å². The second kappa shape index (κ2) is 26.6. The Morgan fingerprint density at radius 3 is 1.95 bits per heavy atom. The van der Waals surface area contributed by atoms with Gasteiger partial charge < -0.3 is 45.4 Å². The highest BCUT2D eigenvalue weighted by molar-refractivity contribution is 6.03. The van der Waals surface area contributed by atoms with Crippen LogP contribution < -0.4 is 5.32 Å². The van der Waals surface area contributed by atoms with Gasteiger partial charge in [0.2, 0.25) is 5.91 Å². The van der Waals surface area contributed by atoms with E-state index in [0.717, 1.165) is 12.8 Å². The van der Waals surface area contributed by atoms with Crippen LogP contribution in [0.15, 0.2) is 133 Å². The van der Waals surface area contributed by atoms with E-state index < -0.39 is 48.8 Å². The molecule has 0 saturated carbocycles. The van der Waals surface area contributed by atoms with Crippen molar-refractivity contribution in [2.45, 2.75) is 116 Å². The largest absolute Gasteiger partial charge is 0.510 e. The maximum absolute atomic E-state index is 11.9. The minimum Gasteiger partial charge on any atom is -0.510 e. The molecule has 0 aromatic heterocycles. The molecule has 0 spiro atoms. The number of allylic oxidation sites excluding steroid dienone is 18. The second-order valence-electron chi connectivity index (χ2n) is 14.3. The third-order valence-corrected chi connectivity index (χ3v) is 9.35. The molecule has 11 nitrogen and oxygen atoms in total. The number of Topliss-reactive ketones (excluding diaryl/α,β-unsaturated/α-hetero) is 1. The van der Waals surface area contributed by atoms with Crippen molar-refractivity contribution in [3.8, 4) is 0 Å². The molecule has 7 N–H and O–H groups in total. The van der Waals surface area contributed by atoms with E-state index in [4.69, 9.17) is 9.47 Å². The monoisotopic (exact) mass is 777 g/mol. The minimum absolute atomic E-state index is 0.0184. The van der Waals surface area contributed by atoms with Crippen molar-refractivity contribution >= 4 is 11.7 Å². The standard InChI is InChI=1S/C45H63NO10/c1-31(2)38(56-45-44(54)43(53)42(52)34(5)55-45)27-23-19-15-11-8-10-14-18-22-26-35(47)33(4)41(51)32(3)25-21-17-13-9-6-7-12-16-20-24-28-39(50)46-40-36(48)29-30-37(40)49/h6-12,14-16,18-26,28,31-35,38,41-45,47-48,51-54H,13,17,27,29-30H2,1-5H3,(H,46,50)/b9-6+,10-8+,12-7+,15-11+,18-14+,20-16+,23-19+,25-21+,26-22+,28-24+. The molecule has 10 atom stereocenters. The van der Waals surface area contributed by atoms with Gasteiger partial charge >= 0.3 is 0 Å². The lowest BCUT2D eigenvalue weighted by Gasteiger charge is -2.40. The molecule has 1 fully saturated rings. The number of ketones is 1. The predicted molar refractivity (Wildman–Crippen MR) is 220 cm³/mol. The molecule has 0 aromatic rings. The first-order chi connectivity index (χ1) is 26.7. The molecule has 2 aliphatic rings. The van der Waals surface area contributed by atoms with Gasteiger partial charge in [-0.3, -0.25) is 9.59 Å². The van der Waals surface area contributed by atoms with Crippen molar-refractivity contribution in [3.63, 3.8) is 0 Å². The van der Waals surface area contributed by atoms with Crippen molar-refractivity contribution in [1.82, 2.24) is 5.32 Å². The second-order valence-corrected chi connectivity index (χ2v) is 14.3. The molecule has 1 amide bonds. The molecule has 1 aliphatic heterocycles. The number of nitrogens with one attached hydrogen (secondary N) is 1. The predicted octanol–water partition coefficient (Wildman–Crippen LogP) is 5.83. The van der Waals surface area contributed by atoms with Crippen LogP contribution in [-0.4, -0.2) is 91.3 Å². The molecule has 56 heavy (non-hydrogen) atoms. The van der Waals surface area contributed by atoms with Crippen LogP contribution in [0.25, 0.3) is 0 Å². The highest BCUT2D eigenvalue weighted by Gasteiger charge is 2.43. The van der Waals surface area contributed by atoms with Gasteiger partial charge in [-0.1, -0.05) is 143 Å². The molecule has 10 unspecified atom stereocenters. The van der Waals surface area contributed by atoms with Gasteiger partial charge in [0.25, 0.3) is 0 Å². The zero-order valence-corrected chi connectivity index (χ0v) is 33.2. The van der Waals surface area contributed by atoms with Gasteiger partial charge in [-0.15, -0.1) is 0 Å². The van der Waals surface area contributed by atoms with Crippen LogP contribution in [0, 0.1) is 17.8 Å². The SMILES string of the molecule is CC(C)C(C/C=C/C=C/C=C/C=C/C=C/C(O)C(C)C(O)C(C)/C=C/CC/C=C/C=C/C=C/C=C/C(=O)NC1=C(O)CCC1=O)OC1OC(C)C(O)C(O)C1O. The van der Waals surface area contributed by atoms with E-state index in [0.29, 0.717) is 6.42 Å². The van der Waals surface area contributed by atoms with Crippen LogP contribution in [0.2, 0.25) is 0 Å². The number of aliphatic hydroxyl groups excluding tert-OH is 6. The van der Waals surface area contributed by atoms with Crippen molar-refractivity contribution < 1.29 is 49.7 Å². The van der Waals surface area contributed by atoms with E-state index in [1.54, 1.807) is 43.4 Å². The first-order valence-corrected chi connectivity index (χ1v) is 19.4. The Bertz CT molecular complexity index is 1540. The number of carbonyl (C=O) groups is 2. The number of ether oxygens (including phenoxy) is 2. The minimum atomic E-state index is -1.33. The Hall–Kier alpha value is -4.20. The average molecular weight is 778 g/mol. The van der Waals surface area contributed by atoms with Crippen LogP contribution >= 0.6 is 0 Å². The Labute approximate surface area is 332 Å². The quantitative estimate of drug-likeness (QED) is 0.0305. The summed E-state index contributed by atoms with van der Waals surface area (Å²) in [7, 11) is 0. The van der Waals surface area contributed by atoms with Gasteiger partial charge in [0, 0.05) is 30.8 Å². The van der Waals surface area contributed by atoms with Crippen molar-refractivity contribution in [2.75, 3.05) is 0 Å². The van der Waals surface area contributed by atoms with Gasteiger partial charge in [0.15, 0.2) is 12.1 Å². The first-order valence-electron chi connectivity index (χ1n) is 19.4. The molecule has 1 heterocycles. The summed E-state index contributed by atoms with van der Waals surface area (Å²) in [5.41, 5.74) is -0.0184. The van der Waals surface area contributed by atoms with Crippen LogP contribution in [-0.2, 0) is 19.1 Å². The summed E-state index contributed by atoms with van der Waals surface area (Å²) < 4.78 is 11.5. The fraction of sp³-hybridized carbons (Fsp3) is 0.467. The Balaban J connectivity index is 1.63. The summed E-state index contributed by atoms with van der Waals surface area (Å²) >= 11 is 0. The van der Waals surface area contributed by atoms with E-state index in [1.165, 1.54) is 6.08 Å². The van der Waals surface area contributed by atoms with Crippen molar-refractivity contribution in [1.29, 1.82) is 0 Å². The van der Waals surface area contributed by atoms with Gasteiger partial charge in [-0.2, -0.15) is 0 Å². The number of rotatable bonds is 22. The highest BCUT2D eigenvalue weighted by atomic mass is 16.7. The van der Waals surface area contributed by atoms with Crippen LogP contribution in [0.1, 0.15) is 66.7 Å². The third-order valence-electron chi connectivity index (χ3n) is 9.35. The van der Waals surface area contributed by atoms with Gasteiger partial charge in [-0.05, 0) is 32.1 Å². The van der Waals surface area contributed by atoms with E-state index in [-0.39, 0.29) is 53.9 Å². The maximum atomic E-state index is 11.9. The lowest BCUT2D eigenvalue weighted by Crippen LogP contribution is -2.58. The zero-order chi connectivity index (χ0) is 41.5. The molecule has 1 aliphatic carbocycles. The van der Waals surface area contributed by atoms with Crippen molar-refractivity contribution in [3.05, 3.63) is 133 Å². The molecule has 2 rings (SSSR count). The summed E-state index contributed by atoms with van der Waals surface area (Å²) in [5, 5.41) is 63.5. The molecule has 308 valence electrons. The van der Waals surface area contributed by atoms with Gasteiger partial charge in [0.05, 0.1) is 24.4 Å². The maximum Gasteiger partial charge on any atom is 0.248 e. The summed E-state index contributed by atoms with van der Waals surface area (Å²) in [5.74, 6) is -1.19. The molecule has 0 aromatic carbocycles. The molecular weight excluding hydrogens is 714 g/mol. The lowest BCUT2D eigenvalue weighted by molar-refractivity contribution is -0.306. The van der Waals surface area contributed by atoms with Crippen LogP contribution in [0.5, 0.6) is 0 Å².